The van der Waals surface area contributed by atoms with Crippen LogP contribution < -0.4 is 14.2 Å². The molecule has 0 amide bonds. The summed E-state index contributed by atoms with van der Waals surface area (Å²) in [6.45, 7) is -0.905. The minimum atomic E-state index is -0.931. The summed E-state index contributed by atoms with van der Waals surface area (Å²) in [6.07, 6.45) is 10.0. The number of esters is 6. The first-order valence-corrected chi connectivity index (χ1v) is 39.7. The Morgan fingerprint density at radius 3 is 0.675 bits per heavy atom. The third kappa shape index (κ3) is 15.6. The van der Waals surface area contributed by atoms with Crippen molar-refractivity contribution >= 4 is 168 Å². The van der Waals surface area contributed by atoms with Crippen LogP contribution >= 0.6 is 0 Å². The maximum absolute atomic E-state index is 14.0. The van der Waals surface area contributed by atoms with E-state index in [1.54, 1.807) is 72.8 Å². The zero-order chi connectivity index (χ0) is 83.8. The average molecular weight is 1600 g/mol. The molecule has 0 atom stereocenters. The Balaban J connectivity index is 0.486. The van der Waals surface area contributed by atoms with E-state index < -0.39 is 35.8 Å². The third-order valence-electron chi connectivity index (χ3n) is 22.3. The van der Waals surface area contributed by atoms with Crippen molar-refractivity contribution in [2.75, 3.05) is 0 Å². The molecule has 19 aromatic rings. The monoisotopic (exact) mass is 1600 g/mol. The lowest BCUT2D eigenvalue weighted by atomic mass is 9.92. The molecule has 0 fully saturated rings. The van der Waals surface area contributed by atoms with Gasteiger partial charge in [0.1, 0.15) is 37.1 Å². The molecule has 0 aromatic heterocycles. The molecule has 0 unspecified atom stereocenters. The van der Waals surface area contributed by atoms with Crippen LogP contribution in [0.4, 0.5) is 0 Å². The summed E-state index contributed by atoms with van der Waals surface area (Å²) < 4.78 is 34.2. The van der Waals surface area contributed by atoms with Crippen LogP contribution in [0.5, 0.6) is 17.2 Å². The van der Waals surface area contributed by atoms with Crippen LogP contribution in [0.25, 0.3) is 115 Å². The number of allylic oxidation sites excluding steroid dienone is 3. The number of carbonyl (C=O) groups is 9. The van der Waals surface area contributed by atoms with Crippen LogP contribution in [0, 0.1) is 0 Å². The molecule has 588 valence electrons. The second-order valence-corrected chi connectivity index (χ2v) is 30.0. The summed E-state index contributed by atoms with van der Waals surface area (Å²) >= 11 is 0. The molecule has 0 radical (unpaired) electrons. The van der Waals surface area contributed by atoms with Gasteiger partial charge in [-0.2, -0.15) is 0 Å². The molecular formula is C108H66O15. The van der Waals surface area contributed by atoms with Gasteiger partial charge in [0.05, 0.1) is 33.4 Å². The van der Waals surface area contributed by atoms with E-state index in [1.165, 1.54) is 125 Å². The van der Waals surface area contributed by atoms with Gasteiger partial charge in [-0.15, -0.1) is 0 Å². The molecule has 15 heteroatoms. The molecule has 0 saturated carbocycles. The fraction of sp³-hybridized carbons (Fsp3) is 0.0278. The number of hydrogen-bond donors (Lipinski definition) is 0. The number of ether oxygens (including phenoxy) is 6. The highest BCUT2D eigenvalue weighted by Crippen LogP contribution is 2.41. The summed E-state index contributed by atoms with van der Waals surface area (Å²) in [5.74, 6) is -4.93. The summed E-state index contributed by atoms with van der Waals surface area (Å²) in [4.78, 5) is 123. The van der Waals surface area contributed by atoms with Gasteiger partial charge >= 0.3 is 35.8 Å². The fourth-order valence-corrected chi connectivity index (χ4v) is 15.9. The van der Waals surface area contributed by atoms with E-state index in [0.29, 0.717) is 33.4 Å². The zero-order valence-electron chi connectivity index (χ0n) is 65.4. The Morgan fingerprint density at radius 1 is 0.203 bits per heavy atom. The van der Waals surface area contributed by atoms with E-state index in [0.717, 1.165) is 97.5 Å². The van der Waals surface area contributed by atoms with Crippen molar-refractivity contribution in [2.45, 2.75) is 19.8 Å². The molecule has 0 spiro atoms. The third-order valence-corrected chi connectivity index (χ3v) is 22.3. The highest BCUT2D eigenvalue weighted by atomic mass is 16.6. The van der Waals surface area contributed by atoms with Gasteiger partial charge < -0.3 is 28.4 Å². The van der Waals surface area contributed by atoms with Crippen LogP contribution in [0.2, 0.25) is 0 Å². The van der Waals surface area contributed by atoms with E-state index in [2.05, 4.69) is 127 Å². The Bertz CT molecular complexity index is 6810. The van der Waals surface area contributed by atoms with Crippen molar-refractivity contribution in [2.24, 2.45) is 0 Å². The molecular weight excluding hydrogens is 1540 g/mol. The van der Waals surface area contributed by atoms with E-state index >= 15 is 0 Å². The summed E-state index contributed by atoms with van der Waals surface area (Å²) in [5.41, 5.74) is 5.22. The Labute approximate surface area is 702 Å². The lowest BCUT2D eigenvalue weighted by Crippen LogP contribution is -2.14. The number of benzene rings is 19. The molecule has 0 aliphatic rings. The van der Waals surface area contributed by atoms with Gasteiger partial charge in [-0.1, -0.05) is 218 Å². The molecule has 15 nitrogen and oxygen atoms in total. The number of hydrogen-bond acceptors (Lipinski definition) is 15. The van der Waals surface area contributed by atoms with Gasteiger partial charge in [0, 0.05) is 16.7 Å². The van der Waals surface area contributed by atoms with Crippen molar-refractivity contribution in [3.8, 4) is 17.2 Å². The normalized spacial score (nSPS) is 11.7. The van der Waals surface area contributed by atoms with Crippen molar-refractivity contribution in [1.82, 2.24) is 0 Å². The molecule has 0 heterocycles. The maximum Gasteiger partial charge on any atom is 0.343 e. The van der Waals surface area contributed by atoms with Crippen LogP contribution in [-0.4, -0.2) is 53.2 Å². The highest BCUT2D eigenvalue weighted by Gasteiger charge is 2.23. The van der Waals surface area contributed by atoms with Crippen LogP contribution in [-0.2, 0) is 34.0 Å². The second kappa shape index (κ2) is 32.7. The standard InChI is InChI=1S/C108H66O15/c109-94(55-43-67-22-25-79-31-28-73-4-1-7-76-40-52-91(67)100(79)97(73)76)70-34-46-88(47-35-70)121-106(115)82-16-10-64(11-17-82)61-118-103(112)85-58-86(104(113)119-62-65-12-18-83(19-13-65)107(116)122-89-48-36-71(37-49-89)95(110)56-44-68-23-26-80-32-29-74-5-2-8-77-41-53-92(68)101(80)98(74)77)60-87(59-85)105(114)120-63-66-14-20-84(21-15-66)108(117)123-90-50-38-72(39-51-90)96(111)57-45-69-24-27-81-33-30-75-6-3-9-78-42-54-93(69)102(81)99(75)78/h1-60H,61-63H2/b55-43+,56-44+,57-45+. The Morgan fingerprint density at radius 2 is 0.423 bits per heavy atom. The quantitative estimate of drug-likeness (QED) is 0.0138. The predicted molar refractivity (Wildman–Crippen MR) is 478 cm³/mol. The first-order chi connectivity index (χ1) is 60.1. The van der Waals surface area contributed by atoms with Crippen molar-refractivity contribution in [3.63, 3.8) is 0 Å². The summed E-state index contributed by atoms with van der Waals surface area (Å²) in [5, 5.41) is 20.4. The van der Waals surface area contributed by atoms with Gasteiger partial charge in [0.2, 0.25) is 0 Å². The smallest absolute Gasteiger partial charge is 0.343 e. The fourth-order valence-electron chi connectivity index (χ4n) is 15.9. The topological polar surface area (TPSA) is 209 Å². The maximum atomic E-state index is 14.0. The van der Waals surface area contributed by atoms with Crippen molar-refractivity contribution < 1.29 is 71.6 Å². The van der Waals surface area contributed by atoms with Crippen LogP contribution in [0.3, 0.4) is 0 Å². The zero-order valence-corrected chi connectivity index (χ0v) is 65.4. The molecule has 0 N–H and O–H groups in total. The first kappa shape index (κ1) is 76.3. The van der Waals surface area contributed by atoms with Gasteiger partial charge in [0.25, 0.3) is 0 Å². The van der Waals surface area contributed by atoms with Crippen LogP contribution in [0.1, 0.15) is 127 Å². The van der Waals surface area contributed by atoms with Gasteiger partial charge in [-0.25, -0.2) is 28.8 Å². The molecule has 19 rings (SSSR count). The number of carbonyl (C=O) groups excluding carboxylic acids is 9. The number of ketones is 3. The van der Waals surface area contributed by atoms with Gasteiger partial charge in [-0.3, -0.25) is 14.4 Å². The SMILES string of the molecule is O=C(/C=C/c1ccc2ccc3cccc4ccc1c2c34)c1ccc(OC(=O)c2ccc(COC(=O)c3cc(C(=O)OCc4ccc(C(=O)Oc5ccc(C(=O)/C=C/c6ccc7ccc8cccc9ccc6c7c89)cc5)cc4)cc(C(=O)OCc4ccc(C(=O)Oc5ccc(C(=O)/C=C/c6ccc7ccc8cccc9ccc6c7c89)cc5)cc4)c3)cc2)cc1. The van der Waals surface area contributed by atoms with Gasteiger partial charge in [-0.05, 0) is 276 Å². The molecule has 0 bridgehead atoms. The van der Waals surface area contributed by atoms with Crippen molar-refractivity contribution in [3.05, 3.63) is 429 Å². The van der Waals surface area contributed by atoms with E-state index in [9.17, 15) is 43.2 Å². The van der Waals surface area contributed by atoms with E-state index in [4.69, 9.17) is 28.4 Å². The first-order valence-electron chi connectivity index (χ1n) is 39.7. The lowest BCUT2D eigenvalue weighted by molar-refractivity contribution is 0.0463. The van der Waals surface area contributed by atoms with Crippen LogP contribution in [0.15, 0.2) is 346 Å². The largest absolute Gasteiger partial charge is 0.457 e. The minimum absolute atomic E-state index is 0.178. The molecule has 19 aromatic carbocycles. The second-order valence-electron chi connectivity index (χ2n) is 30.0. The molecule has 123 heavy (non-hydrogen) atoms. The predicted octanol–water partition coefficient (Wildman–Crippen LogP) is 23.8. The number of rotatable bonds is 24. The van der Waals surface area contributed by atoms with Gasteiger partial charge in [0.15, 0.2) is 17.3 Å². The van der Waals surface area contributed by atoms with Crippen molar-refractivity contribution in [1.29, 1.82) is 0 Å². The average Bonchev–Trinajstić information content (AvgIpc) is 0.749. The highest BCUT2D eigenvalue weighted by molar-refractivity contribution is 6.27. The van der Waals surface area contributed by atoms with E-state index in [1.807, 2.05) is 54.6 Å². The molecule has 0 aliphatic carbocycles. The van der Waals surface area contributed by atoms with E-state index in [-0.39, 0.29) is 87.8 Å². The lowest BCUT2D eigenvalue weighted by Gasteiger charge is -2.12. The Hall–Kier alpha value is -16.7. The summed E-state index contributed by atoms with van der Waals surface area (Å²) in [6, 6.07) is 96.9. The Kier molecular flexibility index (Phi) is 20.3. The molecule has 0 aliphatic heterocycles. The summed E-state index contributed by atoms with van der Waals surface area (Å²) in [7, 11) is 0. The minimum Gasteiger partial charge on any atom is -0.457 e. The molecule has 0 saturated heterocycles.